The summed E-state index contributed by atoms with van der Waals surface area (Å²) in [4.78, 5) is 0. The van der Waals surface area contributed by atoms with E-state index in [1.807, 2.05) is 89.2 Å². The van der Waals surface area contributed by atoms with Crippen molar-refractivity contribution in [2.45, 2.75) is 34.6 Å². The van der Waals surface area contributed by atoms with Gasteiger partial charge >= 0.3 is 0 Å². The monoisotopic (exact) mass is 375 g/mol. The number of rotatable bonds is 4. The fourth-order valence-electron chi connectivity index (χ4n) is 3.46. The van der Waals surface area contributed by atoms with Gasteiger partial charge in [0.15, 0.2) is 0 Å². The molecule has 3 aromatic rings. The molecule has 0 fully saturated rings. The summed E-state index contributed by atoms with van der Waals surface area (Å²) >= 11 is 0. The summed E-state index contributed by atoms with van der Waals surface area (Å²) < 4.78 is 19.3. The van der Waals surface area contributed by atoms with Gasteiger partial charge in [-0.2, -0.15) is 0 Å². The van der Waals surface area contributed by atoms with Gasteiger partial charge in [-0.25, -0.2) is 4.76 Å². The molecule has 0 radical (unpaired) electrons. The maximum absolute atomic E-state index is 14.4. The molecule has 0 aliphatic carbocycles. The third-order valence-electron chi connectivity index (χ3n) is 4.60. The van der Waals surface area contributed by atoms with Crippen molar-refractivity contribution in [2.75, 3.05) is 0 Å². The van der Waals surface area contributed by atoms with Crippen molar-refractivity contribution in [1.29, 1.82) is 0 Å². The van der Waals surface area contributed by atoms with E-state index in [0.29, 0.717) is 0 Å². The molecule has 3 rings (SSSR count). The Labute approximate surface area is 162 Å². The van der Waals surface area contributed by atoms with Crippen molar-refractivity contribution in [1.82, 2.24) is 0 Å². The number of aryl methyl sites for hydroxylation is 4. The lowest BCUT2D eigenvalue weighted by molar-refractivity contribution is 0.588. The zero-order valence-corrected chi connectivity index (χ0v) is 17.5. The summed E-state index contributed by atoms with van der Waals surface area (Å²) in [7, 11) is -3.17. The Hall–Kier alpha value is -2.44. The third kappa shape index (κ3) is 4.28. The molecule has 0 saturated carbocycles. The van der Waals surface area contributed by atoms with E-state index in [-0.39, 0.29) is 0 Å². The lowest BCUT2D eigenvalue weighted by atomic mass is 10.1. The molecule has 27 heavy (non-hydrogen) atoms. The van der Waals surface area contributed by atoms with Crippen molar-refractivity contribution in [3.05, 3.63) is 94.5 Å². The maximum Gasteiger partial charge on any atom is 0.247 e. The Morgan fingerprint density at radius 3 is 1.52 bits per heavy atom. The van der Waals surface area contributed by atoms with Gasteiger partial charge in [0.2, 0.25) is 7.29 Å². The summed E-state index contributed by atoms with van der Waals surface area (Å²) in [6.07, 6.45) is 0. The van der Waals surface area contributed by atoms with Crippen LogP contribution >= 0.6 is 7.29 Å². The minimum atomic E-state index is -3.17. The van der Waals surface area contributed by atoms with E-state index in [0.717, 1.165) is 44.1 Å². The first kappa shape index (κ1) is 19.3. The van der Waals surface area contributed by atoms with Crippen LogP contribution in [0.4, 0.5) is 0 Å². The van der Waals surface area contributed by atoms with Crippen LogP contribution in [0.25, 0.3) is 0 Å². The second kappa shape index (κ2) is 7.66. The minimum Gasteiger partial charge on any atom is -0.288 e. The maximum atomic E-state index is 14.4. The van der Waals surface area contributed by atoms with Crippen molar-refractivity contribution < 1.29 is 4.57 Å². The molecule has 0 saturated heterocycles. The first-order valence-electron chi connectivity index (χ1n) is 9.18. The molecule has 0 spiro atoms. The quantitative estimate of drug-likeness (QED) is 0.427. The molecular weight excluding hydrogens is 349 g/mol. The van der Waals surface area contributed by atoms with Crippen molar-refractivity contribution >= 4 is 23.6 Å². The lowest BCUT2D eigenvalue weighted by Crippen LogP contribution is -2.17. The van der Waals surface area contributed by atoms with Crippen LogP contribution in [0.5, 0.6) is 0 Å². The number of hydrogen-bond acceptors (Lipinski definition) is 1. The Kier molecular flexibility index (Phi) is 5.48. The first-order valence-corrected chi connectivity index (χ1v) is 10.8. The predicted octanol–water partition coefficient (Wildman–Crippen LogP) is 5.66. The van der Waals surface area contributed by atoms with Crippen LogP contribution in [0.3, 0.4) is 0 Å². The molecular formula is C24H26NOP. The highest BCUT2D eigenvalue weighted by atomic mass is 31.2. The summed E-state index contributed by atoms with van der Waals surface area (Å²) in [5, 5.41) is 1.58. The van der Waals surface area contributed by atoms with Crippen LogP contribution in [0.1, 0.15) is 34.7 Å². The molecule has 0 bridgehead atoms. The van der Waals surface area contributed by atoms with E-state index in [1.165, 1.54) is 0 Å². The fourth-order valence-corrected chi connectivity index (χ4v) is 6.05. The lowest BCUT2D eigenvalue weighted by Gasteiger charge is -2.18. The van der Waals surface area contributed by atoms with Gasteiger partial charge in [-0.15, -0.1) is 0 Å². The molecule has 2 nitrogen and oxygen atoms in total. The molecule has 0 atom stereocenters. The molecule has 3 aromatic carbocycles. The summed E-state index contributed by atoms with van der Waals surface area (Å²) in [5.41, 5.74) is 6.18. The smallest absolute Gasteiger partial charge is 0.247 e. The Morgan fingerprint density at radius 2 is 1.11 bits per heavy atom. The highest BCUT2D eigenvalue weighted by Gasteiger charge is 2.28. The van der Waals surface area contributed by atoms with E-state index >= 15 is 0 Å². The van der Waals surface area contributed by atoms with E-state index < -0.39 is 7.29 Å². The number of hydrogen-bond donors (Lipinski definition) is 0. The second-order valence-corrected chi connectivity index (χ2v) is 9.70. The van der Waals surface area contributed by atoms with Gasteiger partial charge in [-0.3, -0.25) is 4.57 Å². The molecule has 0 aliphatic heterocycles. The minimum absolute atomic E-state index is 0.789. The molecule has 138 valence electrons. The van der Waals surface area contributed by atoms with E-state index in [1.54, 1.807) is 0 Å². The summed E-state index contributed by atoms with van der Waals surface area (Å²) in [6, 6.07) is 22.2. The second-order valence-electron chi connectivity index (χ2n) is 7.32. The Balaban J connectivity index is 2.28. The number of nitrogens with zero attached hydrogens (tertiary/aromatic N) is 1. The van der Waals surface area contributed by atoms with Crippen molar-refractivity contribution in [3.63, 3.8) is 0 Å². The standard InChI is InChI=1S/C24H26NOP/c1-17-11-18(2)14-23(13-17)27(26,24-15-19(3)12-20(4)16-24)25-21(5)22-9-7-6-8-10-22/h6-16H,1-5H3/b25-21-. The van der Waals surface area contributed by atoms with Gasteiger partial charge in [-0.1, -0.05) is 64.7 Å². The zero-order valence-electron chi connectivity index (χ0n) is 16.7. The molecule has 0 unspecified atom stereocenters. The third-order valence-corrected chi connectivity index (χ3v) is 7.09. The van der Waals surface area contributed by atoms with Gasteiger partial charge in [0.1, 0.15) is 0 Å². The normalized spacial score (nSPS) is 12.3. The predicted molar refractivity (Wildman–Crippen MR) is 117 cm³/mol. The van der Waals surface area contributed by atoms with Crippen LogP contribution < -0.4 is 10.6 Å². The zero-order chi connectivity index (χ0) is 19.6. The van der Waals surface area contributed by atoms with Gasteiger partial charge in [-0.05, 0) is 64.4 Å². The Morgan fingerprint density at radius 1 is 0.704 bits per heavy atom. The summed E-state index contributed by atoms with van der Waals surface area (Å²) in [6.45, 7) is 10.1. The van der Waals surface area contributed by atoms with E-state index in [2.05, 4.69) is 12.1 Å². The van der Waals surface area contributed by atoms with Crippen LogP contribution in [-0.2, 0) is 4.57 Å². The van der Waals surface area contributed by atoms with Gasteiger partial charge in [0, 0.05) is 16.3 Å². The summed E-state index contributed by atoms with van der Waals surface area (Å²) in [5.74, 6) is 0. The van der Waals surface area contributed by atoms with Crippen LogP contribution in [0, 0.1) is 27.7 Å². The molecule has 0 N–H and O–H groups in total. The Bertz CT molecular complexity index is 955. The van der Waals surface area contributed by atoms with Crippen molar-refractivity contribution in [3.8, 4) is 0 Å². The van der Waals surface area contributed by atoms with Gasteiger partial charge < -0.3 is 0 Å². The van der Waals surface area contributed by atoms with E-state index in [9.17, 15) is 4.57 Å². The molecule has 3 heteroatoms. The molecule has 0 aliphatic rings. The molecule has 0 aromatic heterocycles. The molecule has 0 heterocycles. The fraction of sp³-hybridized carbons (Fsp3) is 0.208. The average Bonchev–Trinajstić information content (AvgIpc) is 2.60. The SMILES string of the molecule is C/C(=N/P(=O)(c1cc(C)cc(C)c1)c1cc(C)cc(C)c1)c1ccccc1. The van der Waals surface area contributed by atoms with Crippen LogP contribution in [-0.4, -0.2) is 5.71 Å². The van der Waals surface area contributed by atoms with Crippen molar-refractivity contribution in [2.24, 2.45) is 4.76 Å². The van der Waals surface area contributed by atoms with Crippen LogP contribution in [0.2, 0.25) is 0 Å². The highest BCUT2D eigenvalue weighted by molar-refractivity contribution is 7.77. The topological polar surface area (TPSA) is 29.4 Å². The largest absolute Gasteiger partial charge is 0.288 e. The first-order chi connectivity index (χ1) is 12.8. The average molecular weight is 375 g/mol. The van der Waals surface area contributed by atoms with E-state index in [4.69, 9.17) is 4.76 Å². The van der Waals surface area contributed by atoms with Gasteiger partial charge in [0.25, 0.3) is 0 Å². The van der Waals surface area contributed by atoms with Crippen LogP contribution in [0.15, 0.2) is 71.5 Å². The molecule has 0 amide bonds. The number of benzene rings is 3. The highest BCUT2D eigenvalue weighted by Crippen LogP contribution is 2.46. The van der Waals surface area contributed by atoms with Gasteiger partial charge in [0.05, 0.1) is 0 Å².